The van der Waals surface area contributed by atoms with E-state index in [2.05, 4.69) is 21.3 Å². The van der Waals surface area contributed by atoms with Gasteiger partial charge in [-0.15, -0.1) is 0 Å². The minimum atomic E-state index is -0.454. The zero-order valence-corrected chi connectivity index (χ0v) is 12.7. The fourth-order valence-corrected chi connectivity index (χ4v) is 2.11. The van der Waals surface area contributed by atoms with E-state index in [0.29, 0.717) is 13.0 Å². The molecule has 1 aromatic rings. The molecule has 0 saturated carbocycles. The predicted octanol–water partition coefficient (Wildman–Crippen LogP) is 1.81. The van der Waals surface area contributed by atoms with Gasteiger partial charge in [0.15, 0.2) is 0 Å². The normalized spacial score (nSPS) is 13.8. The van der Waals surface area contributed by atoms with Crippen LogP contribution in [-0.2, 0) is 13.5 Å². The van der Waals surface area contributed by atoms with E-state index < -0.39 is 6.10 Å². The van der Waals surface area contributed by atoms with E-state index in [9.17, 15) is 9.90 Å². The summed E-state index contributed by atoms with van der Waals surface area (Å²) in [6.45, 7) is 4.31. The van der Waals surface area contributed by atoms with E-state index in [-0.39, 0.29) is 12.1 Å². The molecule has 1 heterocycles. The third-order valence-electron chi connectivity index (χ3n) is 3.38. The molecule has 2 atom stereocenters. The van der Waals surface area contributed by atoms with E-state index in [4.69, 9.17) is 0 Å². The highest BCUT2D eigenvalue weighted by Crippen LogP contribution is 2.05. The molecular formula is C15H27N3O2. The Balaban J connectivity index is 2.19. The summed E-state index contributed by atoms with van der Waals surface area (Å²) in [6, 6.07) is 4.01. The SMILES string of the molecule is CCCC(O)CNC(=O)NC(C)CCc1cccn1C. The van der Waals surface area contributed by atoms with Crippen LogP contribution in [0.3, 0.4) is 0 Å². The van der Waals surface area contributed by atoms with Crippen molar-refractivity contribution in [3.05, 3.63) is 24.0 Å². The van der Waals surface area contributed by atoms with Crippen molar-refractivity contribution in [3.63, 3.8) is 0 Å². The molecule has 0 bridgehead atoms. The summed E-state index contributed by atoms with van der Waals surface area (Å²) in [6.07, 6.45) is 5.02. The quantitative estimate of drug-likeness (QED) is 0.680. The van der Waals surface area contributed by atoms with E-state index in [1.165, 1.54) is 5.69 Å². The van der Waals surface area contributed by atoms with Gasteiger partial charge in [-0.2, -0.15) is 0 Å². The van der Waals surface area contributed by atoms with E-state index in [1.807, 2.05) is 33.2 Å². The van der Waals surface area contributed by atoms with Crippen molar-refractivity contribution in [2.24, 2.45) is 7.05 Å². The average molecular weight is 281 g/mol. The first-order valence-electron chi connectivity index (χ1n) is 7.35. The topological polar surface area (TPSA) is 66.3 Å². The van der Waals surface area contributed by atoms with Gasteiger partial charge in [0.25, 0.3) is 0 Å². The molecule has 0 radical (unpaired) electrons. The number of aromatic nitrogens is 1. The Morgan fingerprint density at radius 1 is 1.45 bits per heavy atom. The maximum atomic E-state index is 11.7. The lowest BCUT2D eigenvalue weighted by molar-refractivity contribution is 0.160. The molecule has 0 fully saturated rings. The molecule has 2 amide bonds. The first-order chi connectivity index (χ1) is 9.52. The second-order valence-electron chi connectivity index (χ2n) is 5.35. The van der Waals surface area contributed by atoms with Crippen molar-refractivity contribution in [1.29, 1.82) is 0 Å². The number of aliphatic hydroxyl groups excluding tert-OH is 1. The van der Waals surface area contributed by atoms with Crippen LogP contribution in [0.1, 0.15) is 38.8 Å². The first-order valence-corrected chi connectivity index (χ1v) is 7.35. The standard InChI is InChI=1S/C15H27N3O2/c1-4-6-14(19)11-16-15(20)17-12(2)8-9-13-7-5-10-18(13)3/h5,7,10,12,14,19H,4,6,8-9,11H2,1-3H3,(H2,16,17,20). The number of hydrogen-bond acceptors (Lipinski definition) is 2. The van der Waals surface area contributed by atoms with Crippen LogP contribution in [0.15, 0.2) is 18.3 Å². The molecule has 5 heteroatoms. The highest BCUT2D eigenvalue weighted by Gasteiger charge is 2.09. The molecule has 1 rings (SSSR count). The van der Waals surface area contributed by atoms with Crippen LogP contribution in [0.25, 0.3) is 0 Å². The van der Waals surface area contributed by atoms with Crippen LogP contribution in [0.4, 0.5) is 4.79 Å². The number of rotatable bonds is 8. The van der Waals surface area contributed by atoms with E-state index >= 15 is 0 Å². The van der Waals surface area contributed by atoms with Gasteiger partial charge in [-0.25, -0.2) is 4.79 Å². The lowest BCUT2D eigenvalue weighted by Crippen LogP contribution is -2.43. The van der Waals surface area contributed by atoms with Gasteiger partial charge in [0.2, 0.25) is 0 Å². The minimum Gasteiger partial charge on any atom is -0.391 e. The Hall–Kier alpha value is -1.49. The maximum Gasteiger partial charge on any atom is 0.315 e. The van der Waals surface area contributed by atoms with Gasteiger partial charge in [-0.3, -0.25) is 0 Å². The Labute approximate surface area is 121 Å². The van der Waals surface area contributed by atoms with Crippen LogP contribution in [0.5, 0.6) is 0 Å². The Morgan fingerprint density at radius 2 is 2.20 bits per heavy atom. The second-order valence-corrected chi connectivity index (χ2v) is 5.35. The summed E-state index contributed by atoms with van der Waals surface area (Å²) in [5, 5.41) is 15.1. The molecule has 0 spiro atoms. The molecule has 114 valence electrons. The van der Waals surface area contributed by atoms with Crippen LogP contribution in [-0.4, -0.2) is 34.4 Å². The third kappa shape index (κ3) is 6.10. The van der Waals surface area contributed by atoms with Gasteiger partial charge in [0, 0.05) is 31.5 Å². The second kappa shape index (κ2) is 8.64. The van der Waals surface area contributed by atoms with Gasteiger partial charge in [0.05, 0.1) is 6.10 Å². The van der Waals surface area contributed by atoms with E-state index in [1.54, 1.807) is 0 Å². The van der Waals surface area contributed by atoms with Gasteiger partial charge < -0.3 is 20.3 Å². The lowest BCUT2D eigenvalue weighted by atomic mass is 10.1. The zero-order chi connectivity index (χ0) is 15.0. The van der Waals surface area contributed by atoms with Crippen LogP contribution in [0, 0.1) is 0 Å². The summed E-state index contributed by atoms with van der Waals surface area (Å²) in [7, 11) is 2.02. The highest BCUT2D eigenvalue weighted by molar-refractivity contribution is 5.74. The molecular weight excluding hydrogens is 254 g/mol. The smallest absolute Gasteiger partial charge is 0.315 e. The van der Waals surface area contributed by atoms with Crippen molar-refractivity contribution in [2.45, 2.75) is 51.7 Å². The molecule has 0 aromatic carbocycles. The third-order valence-corrected chi connectivity index (χ3v) is 3.38. The van der Waals surface area contributed by atoms with Crippen molar-refractivity contribution < 1.29 is 9.90 Å². The molecule has 0 aliphatic heterocycles. The lowest BCUT2D eigenvalue weighted by Gasteiger charge is -2.16. The van der Waals surface area contributed by atoms with Crippen molar-refractivity contribution in [3.8, 4) is 0 Å². The number of amides is 2. The monoisotopic (exact) mass is 281 g/mol. The van der Waals surface area contributed by atoms with Crippen LogP contribution < -0.4 is 10.6 Å². The summed E-state index contributed by atoms with van der Waals surface area (Å²) in [4.78, 5) is 11.7. The highest BCUT2D eigenvalue weighted by atomic mass is 16.3. The summed E-state index contributed by atoms with van der Waals surface area (Å²) >= 11 is 0. The van der Waals surface area contributed by atoms with Gasteiger partial charge in [-0.1, -0.05) is 13.3 Å². The first kappa shape index (κ1) is 16.6. The molecule has 5 nitrogen and oxygen atoms in total. The summed E-state index contributed by atoms with van der Waals surface area (Å²) in [5.41, 5.74) is 1.26. The number of hydrogen-bond donors (Lipinski definition) is 3. The largest absolute Gasteiger partial charge is 0.391 e. The number of nitrogens with zero attached hydrogens (tertiary/aromatic N) is 1. The van der Waals surface area contributed by atoms with Crippen molar-refractivity contribution in [2.75, 3.05) is 6.54 Å². The van der Waals surface area contributed by atoms with Gasteiger partial charge in [0.1, 0.15) is 0 Å². The summed E-state index contributed by atoms with van der Waals surface area (Å²) < 4.78 is 2.09. The Bertz CT molecular complexity index is 404. The zero-order valence-electron chi connectivity index (χ0n) is 12.7. The molecule has 0 aliphatic carbocycles. The Morgan fingerprint density at radius 3 is 2.80 bits per heavy atom. The maximum absolute atomic E-state index is 11.7. The molecule has 2 unspecified atom stereocenters. The molecule has 3 N–H and O–H groups in total. The predicted molar refractivity (Wildman–Crippen MR) is 80.6 cm³/mol. The molecule has 20 heavy (non-hydrogen) atoms. The van der Waals surface area contributed by atoms with Crippen LogP contribution >= 0.6 is 0 Å². The fourth-order valence-electron chi connectivity index (χ4n) is 2.11. The van der Waals surface area contributed by atoms with E-state index in [0.717, 1.165) is 19.3 Å². The average Bonchev–Trinajstić information content (AvgIpc) is 2.80. The molecule has 1 aromatic heterocycles. The number of carbonyl (C=O) groups is 1. The summed E-state index contributed by atoms with van der Waals surface area (Å²) in [5.74, 6) is 0. The van der Waals surface area contributed by atoms with Gasteiger partial charge >= 0.3 is 6.03 Å². The number of aryl methyl sites for hydroxylation is 2. The molecule has 0 aliphatic rings. The van der Waals surface area contributed by atoms with Crippen molar-refractivity contribution in [1.82, 2.24) is 15.2 Å². The number of carbonyl (C=O) groups excluding carboxylic acids is 1. The van der Waals surface area contributed by atoms with Crippen LogP contribution in [0.2, 0.25) is 0 Å². The fraction of sp³-hybridized carbons (Fsp3) is 0.667. The number of aliphatic hydroxyl groups is 1. The number of urea groups is 1. The van der Waals surface area contributed by atoms with Crippen molar-refractivity contribution >= 4 is 6.03 Å². The minimum absolute atomic E-state index is 0.105. The molecule has 0 saturated heterocycles. The van der Waals surface area contributed by atoms with Gasteiger partial charge in [-0.05, 0) is 38.3 Å². The Kier molecular flexibility index (Phi) is 7.15. The number of nitrogens with one attached hydrogen (secondary N) is 2.